The Bertz CT molecular complexity index is 874. The van der Waals surface area contributed by atoms with E-state index in [1.165, 1.54) is 18.3 Å². The fourth-order valence-corrected chi connectivity index (χ4v) is 2.87. The van der Waals surface area contributed by atoms with Gasteiger partial charge in [0.25, 0.3) is 5.56 Å². The average molecular weight is 356 g/mol. The van der Waals surface area contributed by atoms with Crippen LogP contribution in [0.4, 0.5) is 11.4 Å². The number of carbonyl (C=O) groups excluding carboxylic acids is 1. The number of pyridine rings is 2. The number of amides is 1. The Morgan fingerprint density at radius 1 is 1.35 bits per heavy atom. The number of hydrogen-bond donors (Lipinski definition) is 2. The molecular weight excluding hydrogens is 336 g/mol. The number of nitrogens with one attached hydrogen (secondary N) is 1. The molecule has 3 rings (SSSR count). The van der Waals surface area contributed by atoms with Gasteiger partial charge in [0.05, 0.1) is 23.0 Å². The van der Waals surface area contributed by atoms with Crippen LogP contribution in [0.1, 0.15) is 12.8 Å². The van der Waals surface area contributed by atoms with Crippen LogP contribution in [-0.4, -0.2) is 40.1 Å². The Balaban J connectivity index is 1.70. The Morgan fingerprint density at radius 2 is 2.12 bits per heavy atom. The molecule has 0 unspecified atom stereocenters. The van der Waals surface area contributed by atoms with Gasteiger partial charge in [-0.2, -0.15) is 0 Å². The van der Waals surface area contributed by atoms with Gasteiger partial charge in [-0.15, -0.1) is 0 Å². The molecule has 0 aliphatic heterocycles. The molecule has 0 saturated heterocycles. The Kier molecular flexibility index (Phi) is 4.75. The second kappa shape index (κ2) is 6.99. The maximum absolute atomic E-state index is 12.7. The average Bonchev–Trinajstić information content (AvgIpc) is 3.39. The van der Waals surface area contributed by atoms with E-state index in [1.54, 1.807) is 12.4 Å². The Labute approximate surface area is 150 Å². The lowest BCUT2D eigenvalue weighted by Crippen LogP contribution is -2.35. The number of anilines is 2. The highest BCUT2D eigenvalue weighted by Gasteiger charge is 2.50. The second-order valence-electron chi connectivity index (χ2n) is 6.58. The van der Waals surface area contributed by atoms with Crippen LogP contribution in [-0.2, 0) is 16.1 Å². The van der Waals surface area contributed by atoms with Crippen LogP contribution in [0.3, 0.4) is 0 Å². The number of nitrogens with zero attached hydrogens (tertiary/aromatic N) is 3. The van der Waals surface area contributed by atoms with Gasteiger partial charge in [-0.25, -0.2) is 0 Å². The van der Waals surface area contributed by atoms with Gasteiger partial charge in [-0.05, 0) is 31.0 Å². The van der Waals surface area contributed by atoms with E-state index >= 15 is 0 Å². The number of carboxylic acids is 1. The quantitative estimate of drug-likeness (QED) is 0.772. The van der Waals surface area contributed by atoms with Crippen LogP contribution in [0, 0.1) is 5.41 Å². The van der Waals surface area contributed by atoms with E-state index < -0.39 is 23.5 Å². The summed E-state index contributed by atoms with van der Waals surface area (Å²) in [5.74, 6) is -1.25. The molecule has 0 atom stereocenters. The summed E-state index contributed by atoms with van der Waals surface area (Å²) in [5.41, 5.74) is 0.425. The molecule has 136 valence electrons. The molecule has 2 aromatic heterocycles. The molecule has 2 heterocycles. The summed E-state index contributed by atoms with van der Waals surface area (Å²) in [5, 5.41) is 11.7. The van der Waals surface area contributed by atoms with Crippen molar-refractivity contribution in [3.63, 3.8) is 0 Å². The molecule has 0 radical (unpaired) electrons. The first kappa shape index (κ1) is 17.7. The molecule has 2 N–H and O–H groups in total. The van der Waals surface area contributed by atoms with Crippen molar-refractivity contribution in [3.8, 4) is 0 Å². The van der Waals surface area contributed by atoms with Crippen LogP contribution in [0.25, 0.3) is 0 Å². The monoisotopic (exact) mass is 356 g/mol. The summed E-state index contributed by atoms with van der Waals surface area (Å²) in [7, 11) is 1.91. The topological polar surface area (TPSA) is 105 Å². The molecule has 1 aliphatic carbocycles. The summed E-state index contributed by atoms with van der Waals surface area (Å²) in [4.78, 5) is 41.3. The molecule has 8 heteroatoms. The third kappa shape index (κ3) is 3.90. The highest BCUT2D eigenvalue weighted by molar-refractivity contribution is 5.97. The van der Waals surface area contributed by atoms with Crippen molar-refractivity contribution < 1.29 is 14.7 Å². The van der Waals surface area contributed by atoms with Crippen molar-refractivity contribution in [1.82, 2.24) is 9.55 Å². The lowest BCUT2D eigenvalue weighted by Gasteiger charge is -2.24. The van der Waals surface area contributed by atoms with Gasteiger partial charge in [0.1, 0.15) is 6.54 Å². The maximum atomic E-state index is 12.7. The summed E-state index contributed by atoms with van der Waals surface area (Å²) in [6.07, 6.45) is 6.35. The van der Waals surface area contributed by atoms with Crippen LogP contribution >= 0.6 is 0 Å². The van der Waals surface area contributed by atoms with E-state index in [0.29, 0.717) is 12.2 Å². The van der Waals surface area contributed by atoms with Crippen molar-refractivity contribution in [2.75, 3.05) is 23.8 Å². The minimum atomic E-state index is -1.12. The molecule has 1 amide bonds. The third-order valence-electron chi connectivity index (χ3n) is 4.51. The van der Waals surface area contributed by atoms with Gasteiger partial charge in [-0.3, -0.25) is 19.4 Å². The van der Waals surface area contributed by atoms with Crippen molar-refractivity contribution in [2.24, 2.45) is 5.41 Å². The minimum absolute atomic E-state index is 0.131. The summed E-state index contributed by atoms with van der Waals surface area (Å²) < 4.78 is 1.05. The van der Waals surface area contributed by atoms with Crippen molar-refractivity contribution in [2.45, 2.75) is 19.4 Å². The maximum Gasteiger partial charge on any atom is 0.323 e. The second-order valence-corrected chi connectivity index (χ2v) is 6.58. The molecule has 0 spiro atoms. The van der Waals surface area contributed by atoms with Crippen LogP contribution in [0.2, 0.25) is 0 Å². The Hall–Kier alpha value is -3.16. The fraction of sp³-hybridized carbons (Fsp3) is 0.333. The molecule has 26 heavy (non-hydrogen) atoms. The zero-order valence-electron chi connectivity index (χ0n) is 14.4. The summed E-state index contributed by atoms with van der Waals surface area (Å²) >= 11 is 0. The number of rotatable bonds is 7. The van der Waals surface area contributed by atoms with Gasteiger partial charge in [0.15, 0.2) is 0 Å². The van der Waals surface area contributed by atoms with Gasteiger partial charge in [0, 0.05) is 32.1 Å². The highest BCUT2D eigenvalue weighted by atomic mass is 16.4. The zero-order valence-corrected chi connectivity index (χ0v) is 14.4. The normalized spacial score (nSPS) is 14.5. The number of aliphatic carboxylic acids is 1. The first-order valence-corrected chi connectivity index (χ1v) is 8.25. The standard InChI is InChI=1S/C18H20N4O4/c1-21(14-3-2-8-19-9-14)12-18(6-7-18)17(26)20-13-4-5-15(23)22(10-13)11-16(24)25/h2-5,8-10H,6-7,11-12H2,1H3,(H,20,26)(H,24,25). The van der Waals surface area contributed by atoms with Crippen molar-refractivity contribution >= 4 is 23.3 Å². The van der Waals surface area contributed by atoms with Gasteiger partial charge >= 0.3 is 5.97 Å². The molecule has 8 nitrogen and oxygen atoms in total. The zero-order chi connectivity index (χ0) is 18.7. The van der Waals surface area contributed by atoms with Crippen molar-refractivity contribution in [3.05, 3.63) is 53.2 Å². The number of carbonyl (C=O) groups is 2. The van der Waals surface area contributed by atoms with Gasteiger partial charge in [0.2, 0.25) is 5.91 Å². The predicted octanol–water partition coefficient (Wildman–Crippen LogP) is 1.18. The van der Waals surface area contributed by atoms with Gasteiger partial charge in [-0.1, -0.05) is 0 Å². The van der Waals surface area contributed by atoms with E-state index in [2.05, 4.69) is 10.3 Å². The number of carboxylic acid groups (broad SMARTS) is 1. The predicted molar refractivity (Wildman–Crippen MR) is 96.1 cm³/mol. The smallest absolute Gasteiger partial charge is 0.323 e. The summed E-state index contributed by atoms with van der Waals surface area (Å²) in [6, 6.07) is 6.51. The fourth-order valence-electron chi connectivity index (χ4n) is 2.87. The summed E-state index contributed by atoms with van der Waals surface area (Å²) in [6.45, 7) is 0.108. The SMILES string of the molecule is CN(CC1(C(=O)Nc2ccc(=O)n(CC(=O)O)c2)CC1)c1cccnc1. The molecule has 1 saturated carbocycles. The molecular formula is C18H20N4O4. The minimum Gasteiger partial charge on any atom is -0.480 e. The van der Waals surface area contributed by atoms with Gasteiger partial charge < -0.3 is 19.9 Å². The number of aromatic nitrogens is 2. The van der Waals surface area contributed by atoms with E-state index in [1.807, 2.05) is 24.1 Å². The van der Waals surface area contributed by atoms with E-state index in [4.69, 9.17) is 5.11 Å². The van der Waals surface area contributed by atoms with Crippen molar-refractivity contribution in [1.29, 1.82) is 0 Å². The van der Waals surface area contributed by atoms with Crippen LogP contribution in [0.15, 0.2) is 47.7 Å². The Morgan fingerprint density at radius 3 is 2.73 bits per heavy atom. The van der Waals surface area contributed by atoms with E-state index in [-0.39, 0.29) is 5.91 Å². The van der Waals surface area contributed by atoms with E-state index in [0.717, 1.165) is 23.1 Å². The highest BCUT2D eigenvalue weighted by Crippen LogP contribution is 2.47. The van der Waals surface area contributed by atoms with Crippen LogP contribution in [0.5, 0.6) is 0 Å². The van der Waals surface area contributed by atoms with Crippen LogP contribution < -0.4 is 15.8 Å². The third-order valence-corrected chi connectivity index (χ3v) is 4.51. The molecule has 1 aliphatic rings. The van der Waals surface area contributed by atoms with E-state index in [9.17, 15) is 14.4 Å². The first-order chi connectivity index (χ1) is 12.4. The molecule has 0 bridgehead atoms. The molecule has 2 aromatic rings. The number of hydrogen-bond acceptors (Lipinski definition) is 5. The lowest BCUT2D eigenvalue weighted by atomic mass is 10.1. The molecule has 0 aromatic carbocycles. The lowest BCUT2D eigenvalue weighted by molar-refractivity contribution is -0.137. The molecule has 1 fully saturated rings. The largest absolute Gasteiger partial charge is 0.480 e. The first-order valence-electron chi connectivity index (χ1n) is 8.25.